The SMILES string of the molecule is CCNC(=NCc1cccc(NC(=O)C2CCCC2)c1)N1CCC(COCCOC)C1. The van der Waals surface area contributed by atoms with E-state index >= 15 is 0 Å². The summed E-state index contributed by atoms with van der Waals surface area (Å²) in [5.74, 6) is 1.79. The summed E-state index contributed by atoms with van der Waals surface area (Å²) in [6.45, 7) is 7.51. The molecule has 0 bridgehead atoms. The lowest BCUT2D eigenvalue weighted by Crippen LogP contribution is -2.40. The molecule has 172 valence electrons. The number of amides is 1. The number of nitrogens with zero attached hydrogens (tertiary/aromatic N) is 2. The molecule has 1 aromatic rings. The Morgan fingerprint density at radius 3 is 2.84 bits per heavy atom. The zero-order chi connectivity index (χ0) is 21.9. The maximum Gasteiger partial charge on any atom is 0.227 e. The van der Waals surface area contributed by atoms with E-state index in [4.69, 9.17) is 14.5 Å². The molecule has 7 nitrogen and oxygen atoms in total. The van der Waals surface area contributed by atoms with E-state index in [-0.39, 0.29) is 11.8 Å². The Balaban J connectivity index is 1.53. The Labute approximate surface area is 186 Å². The summed E-state index contributed by atoms with van der Waals surface area (Å²) in [5, 5.41) is 6.51. The second-order valence-electron chi connectivity index (χ2n) is 8.51. The molecular formula is C24H38N4O3. The van der Waals surface area contributed by atoms with Gasteiger partial charge < -0.3 is 25.0 Å². The van der Waals surface area contributed by atoms with Gasteiger partial charge in [-0.2, -0.15) is 0 Å². The van der Waals surface area contributed by atoms with Gasteiger partial charge in [0, 0.05) is 44.3 Å². The summed E-state index contributed by atoms with van der Waals surface area (Å²) >= 11 is 0. The van der Waals surface area contributed by atoms with Gasteiger partial charge in [-0.25, -0.2) is 4.99 Å². The van der Waals surface area contributed by atoms with Gasteiger partial charge in [0.15, 0.2) is 5.96 Å². The van der Waals surface area contributed by atoms with Crippen molar-refractivity contribution in [3.05, 3.63) is 29.8 Å². The monoisotopic (exact) mass is 430 g/mol. The molecule has 1 heterocycles. The van der Waals surface area contributed by atoms with Crippen LogP contribution < -0.4 is 10.6 Å². The molecule has 2 N–H and O–H groups in total. The molecule has 1 aromatic carbocycles. The zero-order valence-electron chi connectivity index (χ0n) is 19.1. The second-order valence-corrected chi connectivity index (χ2v) is 8.51. The summed E-state index contributed by atoms with van der Waals surface area (Å²) in [7, 11) is 1.69. The van der Waals surface area contributed by atoms with Crippen molar-refractivity contribution in [2.75, 3.05) is 51.9 Å². The van der Waals surface area contributed by atoms with Crippen molar-refractivity contribution >= 4 is 17.6 Å². The molecule has 31 heavy (non-hydrogen) atoms. The smallest absolute Gasteiger partial charge is 0.227 e. The summed E-state index contributed by atoms with van der Waals surface area (Å²) in [5.41, 5.74) is 1.96. The first-order chi connectivity index (χ1) is 15.2. The third-order valence-electron chi connectivity index (χ3n) is 6.04. The summed E-state index contributed by atoms with van der Waals surface area (Å²) < 4.78 is 10.7. The average Bonchev–Trinajstić information content (AvgIpc) is 3.47. The van der Waals surface area contributed by atoms with Gasteiger partial charge in [-0.1, -0.05) is 25.0 Å². The third-order valence-corrected chi connectivity index (χ3v) is 6.04. The van der Waals surface area contributed by atoms with Crippen molar-refractivity contribution in [3.8, 4) is 0 Å². The number of hydrogen-bond acceptors (Lipinski definition) is 4. The Kier molecular flexibility index (Phi) is 9.62. The fourth-order valence-electron chi connectivity index (χ4n) is 4.33. The molecule has 0 radical (unpaired) electrons. The molecule has 3 rings (SSSR count). The summed E-state index contributed by atoms with van der Waals surface area (Å²) in [4.78, 5) is 19.6. The number of ether oxygens (including phenoxy) is 2. The van der Waals surface area contributed by atoms with Crippen LogP contribution in [0.1, 0.15) is 44.6 Å². The predicted octanol–water partition coefficient (Wildman–Crippen LogP) is 3.27. The quantitative estimate of drug-likeness (QED) is 0.339. The van der Waals surface area contributed by atoms with Crippen molar-refractivity contribution in [1.29, 1.82) is 0 Å². The maximum absolute atomic E-state index is 12.4. The Bertz CT molecular complexity index is 719. The van der Waals surface area contributed by atoms with Crippen LogP contribution in [0.25, 0.3) is 0 Å². The van der Waals surface area contributed by atoms with Crippen molar-refractivity contribution < 1.29 is 14.3 Å². The predicted molar refractivity (Wildman–Crippen MR) is 124 cm³/mol. The molecule has 1 saturated heterocycles. The van der Waals surface area contributed by atoms with E-state index in [0.717, 1.165) is 75.6 Å². The normalized spacial score (nSPS) is 19.7. The summed E-state index contributed by atoms with van der Waals surface area (Å²) in [6, 6.07) is 8.05. The number of anilines is 1. The fraction of sp³-hybridized carbons (Fsp3) is 0.667. The molecule has 7 heteroatoms. The maximum atomic E-state index is 12.4. The van der Waals surface area contributed by atoms with Gasteiger partial charge in [-0.15, -0.1) is 0 Å². The van der Waals surface area contributed by atoms with Crippen LogP contribution in [-0.4, -0.2) is 63.3 Å². The summed E-state index contributed by atoms with van der Waals surface area (Å²) in [6.07, 6.45) is 5.46. The molecule has 1 atom stereocenters. The van der Waals surface area contributed by atoms with Gasteiger partial charge in [0.2, 0.25) is 5.91 Å². The second kappa shape index (κ2) is 12.7. The molecule has 0 aromatic heterocycles. The number of aliphatic imine (C=N–C) groups is 1. The first-order valence-electron chi connectivity index (χ1n) is 11.7. The average molecular weight is 431 g/mol. The Hall–Kier alpha value is -2.12. The number of likely N-dealkylation sites (tertiary alicyclic amines) is 1. The first kappa shape index (κ1) is 23.5. The number of benzene rings is 1. The molecule has 1 aliphatic carbocycles. The van der Waals surface area contributed by atoms with E-state index in [1.54, 1.807) is 7.11 Å². The van der Waals surface area contributed by atoms with Crippen LogP contribution >= 0.6 is 0 Å². The Morgan fingerprint density at radius 2 is 2.06 bits per heavy atom. The van der Waals surface area contributed by atoms with E-state index in [2.05, 4.69) is 28.5 Å². The third kappa shape index (κ3) is 7.51. The highest BCUT2D eigenvalue weighted by molar-refractivity contribution is 5.92. The molecule has 1 aliphatic heterocycles. The van der Waals surface area contributed by atoms with Gasteiger partial charge >= 0.3 is 0 Å². The van der Waals surface area contributed by atoms with Crippen LogP contribution in [0.4, 0.5) is 5.69 Å². The first-order valence-corrected chi connectivity index (χ1v) is 11.7. The molecule has 1 amide bonds. The van der Waals surface area contributed by atoms with Gasteiger partial charge in [-0.3, -0.25) is 4.79 Å². The van der Waals surface area contributed by atoms with E-state index in [0.29, 0.717) is 25.7 Å². The topological polar surface area (TPSA) is 75.2 Å². The van der Waals surface area contributed by atoms with Gasteiger partial charge in [-0.05, 0) is 43.9 Å². The highest BCUT2D eigenvalue weighted by atomic mass is 16.5. The number of carbonyl (C=O) groups excluding carboxylic acids is 1. The van der Waals surface area contributed by atoms with Crippen molar-refractivity contribution in [2.24, 2.45) is 16.8 Å². The van der Waals surface area contributed by atoms with Crippen LogP contribution in [0.3, 0.4) is 0 Å². The minimum Gasteiger partial charge on any atom is -0.382 e. The molecule has 2 aliphatic rings. The molecule has 2 fully saturated rings. The van der Waals surface area contributed by atoms with E-state index in [9.17, 15) is 4.79 Å². The van der Waals surface area contributed by atoms with E-state index < -0.39 is 0 Å². The van der Waals surface area contributed by atoms with Crippen molar-refractivity contribution in [1.82, 2.24) is 10.2 Å². The number of methoxy groups -OCH3 is 1. The van der Waals surface area contributed by atoms with Crippen LogP contribution in [0.15, 0.2) is 29.3 Å². The number of carbonyl (C=O) groups is 1. The number of nitrogens with one attached hydrogen (secondary N) is 2. The molecule has 1 unspecified atom stereocenters. The van der Waals surface area contributed by atoms with Gasteiger partial charge in [0.25, 0.3) is 0 Å². The Morgan fingerprint density at radius 1 is 1.23 bits per heavy atom. The lowest BCUT2D eigenvalue weighted by Gasteiger charge is -2.22. The zero-order valence-corrected chi connectivity index (χ0v) is 19.1. The lowest BCUT2D eigenvalue weighted by atomic mass is 10.1. The van der Waals surface area contributed by atoms with Crippen molar-refractivity contribution in [3.63, 3.8) is 0 Å². The van der Waals surface area contributed by atoms with Crippen LogP contribution in [0.2, 0.25) is 0 Å². The highest BCUT2D eigenvalue weighted by Gasteiger charge is 2.25. The van der Waals surface area contributed by atoms with Crippen LogP contribution in [0.5, 0.6) is 0 Å². The minimum atomic E-state index is 0.155. The lowest BCUT2D eigenvalue weighted by molar-refractivity contribution is -0.119. The number of rotatable bonds is 10. The van der Waals surface area contributed by atoms with Crippen molar-refractivity contribution in [2.45, 2.75) is 45.6 Å². The number of hydrogen-bond donors (Lipinski definition) is 2. The molecular weight excluding hydrogens is 392 g/mol. The molecule has 0 spiro atoms. The van der Waals surface area contributed by atoms with E-state index in [1.807, 2.05) is 18.2 Å². The standard InChI is InChI=1S/C24H38N4O3/c1-3-25-24(28-12-11-20(17-28)18-31-14-13-30-2)26-16-19-7-6-10-22(15-19)27-23(29)21-8-4-5-9-21/h6-7,10,15,20-21H,3-5,8-9,11-14,16-18H2,1-2H3,(H,25,26)(H,27,29). The fourth-order valence-corrected chi connectivity index (χ4v) is 4.33. The number of guanidine groups is 1. The van der Waals surface area contributed by atoms with Gasteiger partial charge in [0.1, 0.15) is 0 Å². The largest absolute Gasteiger partial charge is 0.382 e. The highest BCUT2D eigenvalue weighted by Crippen LogP contribution is 2.26. The minimum absolute atomic E-state index is 0.155. The van der Waals surface area contributed by atoms with Gasteiger partial charge in [0.05, 0.1) is 26.4 Å². The van der Waals surface area contributed by atoms with Crippen LogP contribution in [-0.2, 0) is 20.8 Å². The van der Waals surface area contributed by atoms with E-state index in [1.165, 1.54) is 0 Å². The van der Waals surface area contributed by atoms with Crippen LogP contribution in [0, 0.1) is 11.8 Å². The molecule has 1 saturated carbocycles.